The minimum Gasteiger partial charge on any atom is -0.424 e. The number of pyridine rings is 1. The summed E-state index contributed by atoms with van der Waals surface area (Å²) in [5.74, 6) is 0.172. The van der Waals surface area contributed by atoms with Crippen molar-refractivity contribution in [2.75, 3.05) is 0 Å². The van der Waals surface area contributed by atoms with Gasteiger partial charge in [0.15, 0.2) is 5.75 Å². The van der Waals surface area contributed by atoms with Crippen LogP contribution in [0.5, 0.6) is 5.75 Å². The van der Waals surface area contributed by atoms with Gasteiger partial charge in [-0.25, -0.2) is 4.98 Å². The lowest BCUT2D eigenvalue weighted by molar-refractivity contribution is -0.131. The zero-order valence-corrected chi connectivity index (χ0v) is 16.5. The molecule has 0 atom stereocenters. The second-order valence-corrected chi connectivity index (χ2v) is 8.69. The predicted octanol–water partition coefficient (Wildman–Crippen LogP) is 4.79. The average Bonchev–Trinajstić information content (AvgIpc) is 2.73. The zero-order valence-electron chi connectivity index (χ0n) is 15.6. The third-order valence-electron chi connectivity index (χ3n) is 4.45. The molecule has 0 N–H and O–H groups in total. The zero-order chi connectivity index (χ0) is 19.3. The molecule has 0 aliphatic rings. The van der Waals surface area contributed by atoms with Crippen molar-refractivity contribution in [3.63, 3.8) is 0 Å². The molecule has 0 amide bonds. The number of esters is 1. The van der Waals surface area contributed by atoms with Crippen LogP contribution >= 0.6 is 7.92 Å². The Kier molecular flexibility index (Phi) is 5.45. The Hall–Kier alpha value is -3.03. The first-order chi connectivity index (χ1) is 13.7. The van der Waals surface area contributed by atoms with Crippen LogP contribution in [0.3, 0.4) is 0 Å². The number of para-hydroxylation sites is 1. The number of nitrogens with zero attached hydrogens (tertiary/aromatic N) is 1. The maximum absolute atomic E-state index is 11.4. The van der Waals surface area contributed by atoms with Crippen LogP contribution in [-0.4, -0.2) is 11.0 Å². The Balaban J connectivity index is 1.74. The lowest BCUT2D eigenvalue weighted by Crippen LogP contribution is -2.13. The first-order valence-corrected chi connectivity index (χ1v) is 10.7. The van der Waals surface area contributed by atoms with Gasteiger partial charge in [-0.3, -0.25) is 4.79 Å². The molecular formula is C24H20NO2P. The summed E-state index contributed by atoms with van der Waals surface area (Å²) < 4.78 is 5.36. The molecule has 1 aromatic heterocycles. The highest BCUT2D eigenvalue weighted by molar-refractivity contribution is 7.72. The molecule has 1 heterocycles. The van der Waals surface area contributed by atoms with E-state index in [2.05, 4.69) is 54.6 Å². The van der Waals surface area contributed by atoms with Crippen LogP contribution in [0, 0.1) is 0 Å². The van der Waals surface area contributed by atoms with Gasteiger partial charge in [-0.15, -0.1) is 0 Å². The normalized spacial score (nSPS) is 10.9. The van der Waals surface area contributed by atoms with Crippen molar-refractivity contribution in [1.29, 1.82) is 0 Å². The van der Waals surface area contributed by atoms with Gasteiger partial charge in [0.25, 0.3) is 0 Å². The number of carbonyl (C=O) groups excluding carboxylic acids is 1. The van der Waals surface area contributed by atoms with Crippen LogP contribution in [0.25, 0.3) is 10.9 Å². The lowest BCUT2D eigenvalue weighted by atomic mass is 10.2. The molecule has 3 aromatic carbocycles. The van der Waals surface area contributed by atoms with E-state index < -0.39 is 7.92 Å². The highest BCUT2D eigenvalue weighted by Gasteiger charge is 2.16. The Labute approximate surface area is 165 Å². The van der Waals surface area contributed by atoms with Gasteiger partial charge in [0.05, 0.1) is 0 Å². The molecule has 4 aromatic rings. The van der Waals surface area contributed by atoms with Gasteiger partial charge < -0.3 is 4.74 Å². The third-order valence-corrected chi connectivity index (χ3v) is 6.93. The molecular weight excluding hydrogens is 365 g/mol. The molecule has 0 spiro atoms. The van der Waals surface area contributed by atoms with Crippen molar-refractivity contribution >= 4 is 35.4 Å². The van der Waals surface area contributed by atoms with Crippen LogP contribution < -0.4 is 15.3 Å². The van der Waals surface area contributed by atoms with Gasteiger partial charge in [0.1, 0.15) is 5.52 Å². The maximum Gasteiger partial charge on any atom is 0.308 e. The molecule has 0 fully saturated rings. The average molecular weight is 385 g/mol. The molecule has 4 rings (SSSR count). The van der Waals surface area contributed by atoms with E-state index in [0.717, 1.165) is 22.8 Å². The molecule has 3 nitrogen and oxygen atoms in total. The van der Waals surface area contributed by atoms with Crippen LogP contribution in [0.15, 0.2) is 91.0 Å². The van der Waals surface area contributed by atoms with Gasteiger partial charge >= 0.3 is 5.97 Å². The summed E-state index contributed by atoms with van der Waals surface area (Å²) in [6.45, 7) is 1.41. The van der Waals surface area contributed by atoms with E-state index in [-0.39, 0.29) is 5.97 Å². The first-order valence-electron chi connectivity index (χ1n) is 9.15. The van der Waals surface area contributed by atoms with Gasteiger partial charge in [-0.05, 0) is 30.7 Å². The maximum atomic E-state index is 11.4. The fourth-order valence-electron chi connectivity index (χ4n) is 3.20. The molecule has 0 radical (unpaired) electrons. The number of carbonyl (C=O) groups is 1. The highest BCUT2D eigenvalue weighted by Crippen LogP contribution is 2.38. The Morgan fingerprint density at radius 1 is 0.821 bits per heavy atom. The summed E-state index contributed by atoms with van der Waals surface area (Å²) in [6.07, 6.45) is 0.827. The largest absolute Gasteiger partial charge is 0.424 e. The molecule has 0 unspecified atom stereocenters. The van der Waals surface area contributed by atoms with E-state index in [1.165, 1.54) is 17.5 Å². The van der Waals surface area contributed by atoms with Crippen LogP contribution in [-0.2, 0) is 11.0 Å². The molecule has 0 bridgehead atoms. The highest BCUT2D eigenvalue weighted by atomic mass is 31.1. The molecule has 0 aliphatic heterocycles. The summed E-state index contributed by atoms with van der Waals surface area (Å²) in [7, 11) is -0.579. The number of hydrogen-bond acceptors (Lipinski definition) is 3. The molecule has 4 heteroatoms. The lowest BCUT2D eigenvalue weighted by Gasteiger charge is -2.19. The minimum absolute atomic E-state index is 0.337. The minimum atomic E-state index is -0.579. The molecule has 28 heavy (non-hydrogen) atoms. The number of rotatable bonds is 5. The quantitative estimate of drug-likeness (QED) is 0.282. The van der Waals surface area contributed by atoms with E-state index >= 15 is 0 Å². The molecule has 138 valence electrons. The van der Waals surface area contributed by atoms with Crippen molar-refractivity contribution in [1.82, 2.24) is 4.98 Å². The van der Waals surface area contributed by atoms with Crippen molar-refractivity contribution in [2.24, 2.45) is 0 Å². The Morgan fingerprint density at radius 3 is 2.07 bits per heavy atom. The van der Waals surface area contributed by atoms with E-state index in [1.807, 2.05) is 30.3 Å². The number of ether oxygens (including phenoxy) is 1. The van der Waals surface area contributed by atoms with Crippen LogP contribution in [0.4, 0.5) is 0 Å². The van der Waals surface area contributed by atoms with Crippen molar-refractivity contribution in [3.8, 4) is 5.75 Å². The van der Waals surface area contributed by atoms with Crippen molar-refractivity contribution in [2.45, 2.75) is 13.1 Å². The van der Waals surface area contributed by atoms with Gasteiger partial charge in [-0.2, -0.15) is 0 Å². The van der Waals surface area contributed by atoms with Gasteiger partial charge in [-0.1, -0.05) is 78.9 Å². The summed E-state index contributed by atoms with van der Waals surface area (Å²) >= 11 is 0. The number of benzene rings is 3. The Bertz CT molecular complexity index is 1060. The molecule has 0 saturated heterocycles. The van der Waals surface area contributed by atoms with Gasteiger partial charge in [0.2, 0.25) is 0 Å². The van der Waals surface area contributed by atoms with Crippen molar-refractivity contribution < 1.29 is 9.53 Å². The summed E-state index contributed by atoms with van der Waals surface area (Å²) in [5.41, 5.74) is 1.72. The van der Waals surface area contributed by atoms with E-state index in [0.29, 0.717) is 5.75 Å². The SMILES string of the molecule is CC(=O)Oc1cccc2ccc(CP(c3ccccc3)c3ccccc3)nc12. The van der Waals surface area contributed by atoms with E-state index in [9.17, 15) is 4.79 Å². The second-order valence-electron chi connectivity index (χ2n) is 6.48. The molecule has 0 aliphatic carbocycles. The van der Waals surface area contributed by atoms with Crippen LogP contribution in [0.1, 0.15) is 12.6 Å². The summed E-state index contributed by atoms with van der Waals surface area (Å²) in [5, 5.41) is 3.60. The number of aromatic nitrogens is 1. The summed E-state index contributed by atoms with van der Waals surface area (Å²) in [4.78, 5) is 16.3. The second kappa shape index (κ2) is 8.33. The fourth-order valence-corrected chi connectivity index (χ4v) is 5.42. The van der Waals surface area contributed by atoms with E-state index in [1.54, 1.807) is 6.07 Å². The van der Waals surface area contributed by atoms with Crippen molar-refractivity contribution in [3.05, 3.63) is 96.7 Å². The molecule has 0 saturated carbocycles. The first kappa shape index (κ1) is 18.3. The third kappa shape index (κ3) is 4.11. The fraction of sp³-hybridized carbons (Fsp3) is 0.0833. The van der Waals surface area contributed by atoms with Crippen LogP contribution in [0.2, 0.25) is 0 Å². The summed E-state index contributed by atoms with van der Waals surface area (Å²) in [6, 6.07) is 30.9. The van der Waals surface area contributed by atoms with Gasteiger partial charge in [0, 0.05) is 24.2 Å². The Morgan fingerprint density at radius 2 is 1.46 bits per heavy atom. The monoisotopic (exact) mass is 385 g/mol. The predicted molar refractivity (Wildman–Crippen MR) is 116 cm³/mol. The number of fused-ring (bicyclic) bond motifs is 1. The van der Waals surface area contributed by atoms with E-state index in [4.69, 9.17) is 9.72 Å². The smallest absolute Gasteiger partial charge is 0.308 e. The number of hydrogen-bond donors (Lipinski definition) is 0. The topological polar surface area (TPSA) is 39.2 Å². The standard InChI is InChI=1S/C24H20NO2P/c1-18(26)27-23-14-8-9-19-15-16-20(25-24(19)23)17-28(21-10-4-2-5-11-21)22-12-6-3-7-13-22/h2-16H,17H2,1H3.